The molecule has 0 aromatic heterocycles. The van der Waals surface area contributed by atoms with Crippen LogP contribution in [0.1, 0.15) is 0 Å². The second-order valence-electron chi connectivity index (χ2n) is 9.00. The summed E-state index contributed by atoms with van der Waals surface area (Å²) in [6.45, 7) is 0. The van der Waals surface area contributed by atoms with Crippen molar-refractivity contribution in [1.29, 1.82) is 0 Å². The molecule has 0 heterocycles. The van der Waals surface area contributed by atoms with Gasteiger partial charge in [0, 0.05) is 5.30 Å². The molecular weight excluding hydrogens is 498 g/mol. The summed E-state index contributed by atoms with van der Waals surface area (Å²) in [6, 6.07) is 55.0. The third kappa shape index (κ3) is 4.77. The lowest BCUT2D eigenvalue weighted by molar-refractivity contribution is 0.419. The Morgan fingerprint density at radius 1 is 0.421 bits per heavy atom. The Kier molecular flexibility index (Phi) is 7.32. The summed E-state index contributed by atoms with van der Waals surface area (Å²) < 4.78 is 6.07. The summed E-state index contributed by atoms with van der Waals surface area (Å²) in [7, 11) is 0.114. The Labute approximate surface area is 227 Å². The van der Waals surface area contributed by atoms with Crippen molar-refractivity contribution in [3.8, 4) is 5.75 Å². The molecule has 0 spiro atoms. The van der Waals surface area contributed by atoms with Crippen LogP contribution in [0.5, 0.6) is 5.75 Å². The highest BCUT2D eigenvalue weighted by Crippen LogP contribution is 2.42. The predicted octanol–water partition coefficient (Wildman–Crippen LogP) is 6.36. The van der Waals surface area contributed by atoms with Crippen molar-refractivity contribution < 1.29 is 4.74 Å². The first-order valence-corrected chi connectivity index (χ1v) is 15.4. The Balaban J connectivity index is 1.67. The van der Waals surface area contributed by atoms with Gasteiger partial charge >= 0.3 is 0 Å². The van der Waals surface area contributed by atoms with E-state index >= 15 is 0 Å². The molecule has 0 saturated carbocycles. The zero-order valence-corrected chi connectivity index (χ0v) is 23.0. The van der Waals surface area contributed by atoms with Crippen LogP contribution in [0.3, 0.4) is 0 Å². The Morgan fingerprint density at radius 2 is 0.868 bits per heavy atom. The van der Waals surface area contributed by atoms with E-state index < -0.39 is 15.8 Å². The molecule has 6 aromatic rings. The summed E-state index contributed by atoms with van der Waals surface area (Å²) in [6.07, 6.45) is 0. The van der Waals surface area contributed by atoms with Crippen LogP contribution in [0.2, 0.25) is 0 Å². The van der Waals surface area contributed by atoms with Crippen LogP contribution < -0.4 is 36.6 Å². The van der Waals surface area contributed by atoms with E-state index in [-0.39, 0.29) is 0 Å². The van der Waals surface area contributed by atoms with E-state index in [0.717, 1.165) is 5.75 Å². The van der Waals surface area contributed by atoms with Gasteiger partial charge < -0.3 is 4.74 Å². The number of hydrogen-bond acceptors (Lipinski definition) is 1. The third-order valence-corrected chi connectivity index (χ3v) is 12.0. The van der Waals surface area contributed by atoms with Gasteiger partial charge in [-0.2, -0.15) is 0 Å². The van der Waals surface area contributed by atoms with Crippen LogP contribution in [0.15, 0.2) is 152 Å². The van der Waals surface area contributed by atoms with E-state index in [0.29, 0.717) is 0 Å². The zero-order valence-electron chi connectivity index (χ0n) is 21.2. The van der Waals surface area contributed by atoms with Gasteiger partial charge in [-0.1, -0.05) is 146 Å². The maximum absolute atomic E-state index is 6.07. The molecule has 0 amide bonds. The van der Waals surface area contributed by atoms with Crippen molar-refractivity contribution in [3.63, 3.8) is 0 Å². The number of fused-ring (bicyclic) bond motifs is 1. The van der Waals surface area contributed by atoms with Crippen LogP contribution in [-0.4, -0.2) is 7.11 Å². The standard InChI is InChI=1S/C35H28OP2/c1-36-32-26-25-27-15-11-12-22-31(27)35(32)38(30-20-9-4-10-21-30)34-24-14-13-23-33(34)37(28-16-5-2-6-17-28)29-18-7-3-8-19-29/h2-26H,1H3. The van der Waals surface area contributed by atoms with E-state index in [1.54, 1.807) is 7.11 Å². The first kappa shape index (κ1) is 24.6. The average Bonchev–Trinajstić information content (AvgIpc) is 3.00. The molecule has 3 heteroatoms. The second kappa shape index (κ2) is 11.3. The second-order valence-corrected chi connectivity index (χ2v) is 13.3. The van der Waals surface area contributed by atoms with Crippen molar-refractivity contribution in [2.45, 2.75) is 0 Å². The summed E-state index contributed by atoms with van der Waals surface area (Å²) in [4.78, 5) is 0. The van der Waals surface area contributed by atoms with E-state index in [4.69, 9.17) is 4.74 Å². The van der Waals surface area contributed by atoms with E-state index in [1.807, 2.05) is 0 Å². The molecule has 184 valence electrons. The molecule has 6 rings (SSSR count). The summed E-state index contributed by atoms with van der Waals surface area (Å²) >= 11 is 0. The molecule has 0 N–H and O–H groups in total. The van der Waals surface area contributed by atoms with Gasteiger partial charge in [0.1, 0.15) is 5.75 Å². The fourth-order valence-corrected chi connectivity index (χ4v) is 10.6. The molecule has 38 heavy (non-hydrogen) atoms. The Hall–Kier alpha value is -3.76. The van der Waals surface area contributed by atoms with Gasteiger partial charge in [0.05, 0.1) is 7.11 Å². The number of ether oxygens (including phenoxy) is 1. The lowest BCUT2D eigenvalue weighted by atomic mass is 10.1. The van der Waals surface area contributed by atoms with Crippen molar-refractivity contribution in [2.75, 3.05) is 7.11 Å². The van der Waals surface area contributed by atoms with Crippen LogP contribution in [0, 0.1) is 0 Å². The third-order valence-electron chi connectivity index (χ3n) is 6.71. The molecule has 0 aliphatic rings. The van der Waals surface area contributed by atoms with Crippen molar-refractivity contribution in [2.24, 2.45) is 0 Å². The van der Waals surface area contributed by atoms with Crippen LogP contribution in [0.4, 0.5) is 0 Å². The van der Waals surface area contributed by atoms with Gasteiger partial charge in [-0.25, -0.2) is 0 Å². The van der Waals surface area contributed by atoms with Gasteiger partial charge in [-0.05, 0) is 59.2 Å². The van der Waals surface area contributed by atoms with Crippen LogP contribution in [-0.2, 0) is 0 Å². The normalized spacial score (nSPS) is 11.9. The van der Waals surface area contributed by atoms with Gasteiger partial charge in [0.2, 0.25) is 0 Å². The molecule has 1 nitrogen and oxygen atoms in total. The average molecular weight is 527 g/mol. The fourth-order valence-electron chi connectivity index (χ4n) is 5.02. The highest BCUT2D eigenvalue weighted by Gasteiger charge is 2.28. The minimum Gasteiger partial charge on any atom is -0.496 e. The number of rotatable bonds is 7. The number of methoxy groups -OCH3 is 1. The summed E-state index contributed by atoms with van der Waals surface area (Å²) in [5.74, 6) is 0.942. The molecule has 0 fully saturated rings. The first-order valence-electron chi connectivity index (χ1n) is 12.8. The maximum Gasteiger partial charge on any atom is 0.127 e. The minimum absolute atomic E-state index is 0.762. The fraction of sp³-hybridized carbons (Fsp3) is 0.0286. The van der Waals surface area contributed by atoms with Crippen molar-refractivity contribution >= 4 is 58.4 Å². The maximum atomic E-state index is 6.07. The molecule has 6 aromatic carbocycles. The molecular formula is C35H28OP2. The predicted molar refractivity (Wildman–Crippen MR) is 168 cm³/mol. The SMILES string of the molecule is COc1ccc2ccccc2c1P(c1ccccc1)c1ccccc1P(c1ccccc1)c1ccccc1. The van der Waals surface area contributed by atoms with Gasteiger partial charge in [-0.15, -0.1) is 0 Å². The molecule has 0 aliphatic heterocycles. The Morgan fingerprint density at radius 3 is 1.42 bits per heavy atom. The zero-order chi connectivity index (χ0) is 25.7. The molecule has 0 aliphatic carbocycles. The lowest BCUT2D eigenvalue weighted by Gasteiger charge is -2.29. The quantitative estimate of drug-likeness (QED) is 0.220. The minimum atomic E-state index is -0.915. The smallest absolute Gasteiger partial charge is 0.127 e. The lowest BCUT2D eigenvalue weighted by Crippen LogP contribution is -2.35. The van der Waals surface area contributed by atoms with Crippen LogP contribution >= 0.6 is 15.8 Å². The van der Waals surface area contributed by atoms with Crippen molar-refractivity contribution in [3.05, 3.63) is 152 Å². The topological polar surface area (TPSA) is 9.23 Å². The highest BCUT2D eigenvalue weighted by molar-refractivity contribution is 7.85. The largest absolute Gasteiger partial charge is 0.496 e. The number of benzene rings is 6. The molecule has 1 unspecified atom stereocenters. The van der Waals surface area contributed by atoms with Gasteiger partial charge in [0.25, 0.3) is 0 Å². The molecule has 0 radical (unpaired) electrons. The van der Waals surface area contributed by atoms with Gasteiger partial charge in [-0.3, -0.25) is 0 Å². The van der Waals surface area contributed by atoms with Crippen molar-refractivity contribution in [1.82, 2.24) is 0 Å². The van der Waals surface area contributed by atoms with Gasteiger partial charge in [0.15, 0.2) is 0 Å². The molecule has 1 atom stereocenters. The summed E-state index contributed by atoms with van der Waals surface area (Å²) in [5, 5.41) is 10.6. The highest BCUT2D eigenvalue weighted by atomic mass is 31.1. The molecule has 0 bridgehead atoms. The summed E-state index contributed by atoms with van der Waals surface area (Å²) in [5.41, 5.74) is 0. The number of hydrogen-bond donors (Lipinski definition) is 0. The van der Waals surface area contributed by atoms with Crippen LogP contribution in [0.25, 0.3) is 10.8 Å². The monoisotopic (exact) mass is 526 g/mol. The first-order chi connectivity index (χ1) is 18.8. The van der Waals surface area contributed by atoms with E-state index in [1.165, 1.54) is 42.6 Å². The Bertz CT molecular complexity index is 1610. The van der Waals surface area contributed by atoms with E-state index in [2.05, 4.69) is 152 Å². The van der Waals surface area contributed by atoms with E-state index in [9.17, 15) is 0 Å². The molecule has 0 saturated heterocycles.